The minimum absolute atomic E-state index is 0.663. The molecule has 0 aliphatic heterocycles. The van der Waals surface area contributed by atoms with Crippen molar-refractivity contribution in [2.24, 2.45) is 0 Å². The van der Waals surface area contributed by atoms with Crippen LogP contribution in [0.5, 0.6) is 0 Å². The molecule has 17 heavy (non-hydrogen) atoms. The van der Waals surface area contributed by atoms with Crippen molar-refractivity contribution >= 4 is 28.9 Å². The van der Waals surface area contributed by atoms with Gasteiger partial charge in [-0.1, -0.05) is 23.7 Å². The van der Waals surface area contributed by atoms with Gasteiger partial charge in [0.25, 0.3) is 0 Å². The molecular weight excluding hydrogens is 236 g/mol. The Bertz CT molecular complexity index is 528. The second-order valence-corrected chi connectivity index (χ2v) is 3.96. The Morgan fingerprint density at radius 2 is 1.82 bits per heavy atom. The molecule has 0 spiro atoms. The van der Waals surface area contributed by atoms with Crippen molar-refractivity contribution in [3.63, 3.8) is 0 Å². The first-order valence-corrected chi connectivity index (χ1v) is 5.61. The number of benzene rings is 1. The van der Waals surface area contributed by atoms with Gasteiger partial charge in [-0.25, -0.2) is 9.97 Å². The van der Waals surface area contributed by atoms with Crippen LogP contribution in [0.2, 0.25) is 5.02 Å². The summed E-state index contributed by atoms with van der Waals surface area (Å²) in [5.41, 5.74) is 1.79. The van der Waals surface area contributed by atoms with Gasteiger partial charge in [0.15, 0.2) is 0 Å². The van der Waals surface area contributed by atoms with Crippen LogP contribution in [0.3, 0.4) is 0 Å². The molecule has 0 aliphatic rings. The summed E-state index contributed by atoms with van der Waals surface area (Å²) < 4.78 is 0. The van der Waals surface area contributed by atoms with Crippen LogP contribution in [-0.2, 0) is 0 Å². The second-order valence-electron chi connectivity index (χ2n) is 3.55. The lowest BCUT2D eigenvalue weighted by Crippen LogP contribution is -2.02. The molecule has 0 fully saturated rings. The average Bonchev–Trinajstić information content (AvgIpc) is 2.34. The second kappa shape index (κ2) is 5.01. The summed E-state index contributed by atoms with van der Waals surface area (Å²) in [6.07, 6.45) is 1.51. The highest BCUT2D eigenvalue weighted by atomic mass is 35.5. The number of hydrogen-bond acceptors (Lipinski definition) is 4. The summed E-state index contributed by atoms with van der Waals surface area (Å²) in [6, 6.07) is 7.55. The third-order valence-corrected chi connectivity index (χ3v) is 2.78. The van der Waals surface area contributed by atoms with Gasteiger partial charge < -0.3 is 10.6 Å². The first-order valence-electron chi connectivity index (χ1n) is 5.23. The SMILES string of the molecule is CNc1ncnc(Nc2ccccc2Cl)c1C. The van der Waals surface area contributed by atoms with E-state index in [1.165, 1.54) is 6.33 Å². The Balaban J connectivity index is 2.34. The van der Waals surface area contributed by atoms with E-state index in [0.29, 0.717) is 5.02 Å². The van der Waals surface area contributed by atoms with Crippen molar-refractivity contribution in [3.8, 4) is 0 Å². The normalized spacial score (nSPS) is 10.1. The predicted octanol–water partition coefficient (Wildman–Crippen LogP) is 3.22. The summed E-state index contributed by atoms with van der Waals surface area (Å²) in [4.78, 5) is 8.33. The summed E-state index contributed by atoms with van der Waals surface area (Å²) in [6.45, 7) is 1.95. The fourth-order valence-corrected chi connectivity index (χ4v) is 1.70. The van der Waals surface area contributed by atoms with Gasteiger partial charge >= 0.3 is 0 Å². The highest BCUT2D eigenvalue weighted by molar-refractivity contribution is 6.33. The Labute approximate surface area is 105 Å². The Morgan fingerprint density at radius 1 is 1.12 bits per heavy atom. The third kappa shape index (κ3) is 2.47. The van der Waals surface area contributed by atoms with Crippen molar-refractivity contribution in [2.75, 3.05) is 17.7 Å². The van der Waals surface area contributed by atoms with Crippen molar-refractivity contribution < 1.29 is 0 Å². The van der Waals surface area contributed by atoms with Gasteiger partial charge in [-0.05, 0) is 19.1 Å². The van der Waals surface area contributed by atoms with Crippen molar-refractivity contribution in [3.05, 3.63) is 41.2 Å². The lowest BCUT2D eigenvalue weighted by molar-refractivity contribution is 1.12. The number of nitrogens with zero attached hydrogens (tertiary/aromatic N) is 2. The number of aromatic nitrogens is 2. The van der Waals surface area contributed by atoms with Crippen LogP contribution in [0.1, 0.15) is 5.56 Å². The number of nitrogens with one attached hydrogen (secondary N) is 2. The Morgan fingerprint density at radius 3 is 2.53 bits per heavy atom. The molecule has 0 atom stereocenters. The minimum atomic E-state index is 0.663. The third-order valence-electron chi connectivity index (χ3n) is 2.45. The Kier molecular flexibility index (Phi) is 3.44. The van der Waals surface area contributed by atoms with Crippen molar-refractivity contribution in [1.29, 1.82) is 0 Å². The van der Waals surface area contributed by atoms with Crippen LogP contribution in [0, 0.1) is 6.92 Å². The van der Waals surface area contributed by atoms with Gasteiger partial charge in [0.2, 0.25) is 0 Å². The molecule has 0 amide bonds. The van der Waals surface area contributed by atoms with E-state index in [1.54, 1.807) is 0 Å². The average molecular weight is 249 g/mol. The zero-order valence-corrected chi connectivity index (χ0v) is 10.4. The lowest BCUT2D eigenvalue weighted by atomic mass is 10.2. The van der Waals surface area contributed by atoms with E-state index in [9.17, 15) is 0 Å². The predicted molar refractivity (Wildman–Crippen MR) is 71.1 cm³/mol. The maximum atomic E-state index is 6.08. The molecule has 2 rings (SSSR count). The molecule has 0 saturated heterocycles. The van der Waals surface area contributed by atoms with Gasteiger partial charge in [0, 0.05) is 12.6 Å². The zero-order chi connectivity index (χ0) is 12.3. The first-order chi connectivity index (χ1) is 8.22. The van der Waals surface area contributed by atoms with Gasteiger partial charge in [-0.3, -0.25) is 0 Å². The molecule has 2 N–H and O–H groups in total. The van der Waals surface area contributed by atoms with Crippen LogP contribution in [0.15, 0.2) is 30.6 Å². The fourth-order valence-electron chi connectivity index (χ4n) is 1.52. The number of anilines is 3. The Hall–Kier alpha value is -1.81. The van der Waals surface area contributed by atoms with Gasteiger partial charge in [-0.15, -0.1) is 0 Å². The van der Waals surface area contributed by atoms with E-state index in [-0.39, 0.29) is 0 Å². The van der Waals surface area contributed by atoms with E-state index in [0.717, 1.165) is 22.9 Å². The van der Waals surface area contributed by atoms with Crippen molar-refractivity contribution in [1.82, 2.24) is 9.97 Å². The molecule has 0 saturated carbocycles. The minimum Gasteiger partial charge on any atom is -0.373 e. The highest BCUT2D eigenvalue weighted by Crippen LogP contribution is 2.26. The standard InChI is InChI=1S/C12H13ClN4/c1-8-11(14-2)15-7-16-12(8)17-10-6-4-3-5-9(10)13/h3-7H,1-2H3,(H2,14,15,16,17). The van der Waals surface area contributed by atoms with E-state index >= 15 is 0 Å². The highest BCUT2D eigenvalue weighted by Gasteiger charge is 2.07. The maximum absolute atomic E-state index is 6.08. The van der Waals surface area contributed by atoms with Crippen LogP contribution in [-0.4, -0.2) is 17.0 Å². The zero-order valence-electron chi connectivity index (χ0n) is 9.66. The quantitative estimate of drug-likeness (QED) is 0.876. The maximum Gasteiger partial charge on any atom is 0.138 e. The molecule has 1 heterocycles. The van der Waals surface area contributed by atoms with Crippen LogP contribution in [0.4, 0.5) is 17.3 Å². The lowest BCUT2D eigenvalue weighted by Gasteiger charge is -2.11. The first kappa shape index (κ1) is 11.7. The van der Waals surface area contributed by atoms with Crippen molar-refractivity contribution in [2.45, 2.75) is 6.92 Å². The molecule has 2 aromatic rings. The van der Waals surface area contributed by atoms with Crippen LogP contribution < -0.4 is 10.6 Å². The molecule has 88 valence electrons. The number of rotatable bonds is 3. The van der Waals surface area contributed by atoms with Gasteiger partial charge in [-0.2, -0.15) is 0 Å². The van der Waals surface area contributed by atoms with Gasteiger partial charge in [0.1, 0.15) is 18.0 Å². The van der Waals surface area contributed by atoms with E-state index < -0.39 is 0 Å². The van der Waals surface area contributed by atoms with E-state index in [4.69, 9.17) is 11.6 Å². The smallest absolute Gasteiger partial charge is 0.138 e. The largest absolute Gasteiger partial charge is 0.373 e. The molecule has 0 bridgehead atoms. The molecule has 5 heteroatoms. The number of para-hydroxylation sites is 1. The molecule has 0 unspecified atom stereocenters. The number of halogens is 1. The summed E-state index contributed by atoms with van der Waals surface area (Å²) in [7, 11) is 1.83. The summed E-state index contributed by atoms with van der Waals surface area (Å²) in [5, 5.41) is 6.87. The molecule has 0 radical (unpaired) electrons. The summed E-state index contributed by atoms with van der Waals surface area (Å²) >= 11 is 6.08. The summed E-state index contributed by atoms with van der Waals surface area (Å²) in [5.74, 6) is 1.55. The molecule has 0 aliphatic carbocycles. The van der Waals surface area contributed by atoms with Gasteiger partial charge in [0.05, 0.1) is 10.7 Å². The monoisotopic (exact) mass is 248 g/mol. The molecule has 4 nitrogen and oxygen atoms in total. The molecule has 1 aromatic heterocycles. The van der Waals surface area contributed by atoms with E-state index in [2.05, 4.69) is 20.6 Å². The number of hydrogen-bond donors (Lipinski definition) is 2. The van der Waals surface area contributed by atoms with Crippen LogP contribution >= 0.6 is 11.6 Å². The topological polar surface area (TPSA) is 49.8 Å². The molecule has 1 aromatic carbocycles. The molecular formula is C12H13ClN4. The van der Waals surface area contributed by atoms with E-state index in [1.807, 2.05) is 38.2 Å². The fraction of sp³-hybridized carbons (Fsp3) is 0.167. The van der Waals surface area contributed by atoms with Crippen LogP contribution in [0.25, 0.3) is 0 Å².